The molecule has 0 saturated heterocycles. The van der Waals surface area contributed by atoms with Gasteiger partial charge in [0.05, 0.1) is 22.7 Å². The molecule has 1 aromatic carbocycles. The molecule has 3 nitrogen and oxygen atoms in total. The average molecular weight is 387 g/mol. The van der Waals surface area contributed by atoms with Gasteiger partial charge in [0.15, 0.2) is 0 Å². The van der Waals surface area contributed by atoms with Gasteiger partial charge in [0.25, 0.3) is 0 Å². The number of benzene rings is 1. The first kappa shape index (κ1) is 18.0. The molecule has 0 aliphatic heterocycles. The van der Waals surface area contributed by atoms with Crippen LogP contribution in [0.25, 0.3) is 21.7 Å². The minimum Gasteiger partial charge on any atom is -0.384 e. The summed E-state index contributed by atoms with van der Waals surface area (Å²) in [7, 11) is 1.67. The molecule has 0 spiro atoms. The van der Waals surface area contributed by atoms with Crippen LogP contribution in [0.15, 0.2) is 52.9 Å². The van der Waals surface area contributed by atoms with E-state index in [9.17, 15) is 5.26 Å². The molecule has 6 heteroatoms. The van der Waals surface area contributed by atoms with Gasteiger partial charge in [-0.25, -0.2) is 4.98 Å². The first-order valence-electron chi connectivity index (χ1n) is 7.59. The Labute approximate surface area is 160 Å². The molecule has 3 rings (SSSR count). The summed E-state index contributed by atoms with van der Waals surface area (Å²) in [6.07, 6.45) is 0. The molecule has 0 aliphatic rings. The molecule has 0 N–H and O–H groups in total. The van der Waals surface area contributed by atoms with Crippen LogP contribution in [0.1, 0.15) is 5.56 Å². The van der Waals surface area contributed by atoms with Crippen molar-refractivity contribution in [3.05, 3.63) is 58.4 Å². The van der Waals surface area contributed by atoms with E-state index in [1.807, 2.05) is 47.8 Å². The molecule has 0 fully saturated rings. The third-order valence-electron chi connectivity index (χ3n) is 3.55. The molecule has 0 unspecified atom stereocenters. The number of nitrogens with zero attached hydrogens (tertiary/aromatic N) is 2. The quantitative estimate of drug-likeness (QED) is 0.400. The standard InChI is InChI=1S/C19H15ClN2OS2/c1-23-8-10-25-19-16(12-21)15(13-4-6-14(20)7-5-13)11-17(22-19)18-3-2-9-24-18/h2-7,9,11H,8,10H2,1H3. The minimum atomic E-state index is 0.587. The van der Waals surface area contributed by atoms with Gasteiger partial charge < -0.3 is 4.74 Å². The normalized spacial score (nSPS) is 10.6. The molecule has 0 radical (unpaired) electrons. The lowest BCUT2D eigenvalue weighted by Crippen LogP contribution is -1.98. The molecule has 0 aliphatic carbocycles. The van der Waals surface area contributed by atoms with Gasteiger partial charge in [-0.3, -0.25) is 0 Å². The Morgan fingerprint density at radius 1 is 1.28 bits per heavy atom. The Kier molecular flexibility index (Phi) is 6.11. The topological polar surface area (TPSA) is 45.9 Å². The first-order valence-corrected chi connectivity index (χ1v) is 9.84. The molecule has 25 heavy (non-hydrogen) atoms. The molecular formula is C19H15ClN2OS2. The minimum absolute atomic E-state index is 0.587. The van der Waals surface area contributed by atoms with Crippen LogP contribution >= 0.6 is 34.7 Å². The van der Waals surface area contributed by atoms with Crippen LogP contribution in [-0.4, -0.2) is 24.5 Å². The molecule has 2 aromatic heterocycles. The predicted octanol–water partition coefficient (Wildman–Crippen LogP) is 5.74. The van der Waals surface area contributed by atoms with E-state index in [1.165, 1.54) is 11.8 Å². The predicted molar refractivity (Wildman–Crippen MR) is 105 cm³/mol. The maximum atomic E-state index is 9.74. The van der Waals surface area contributed by atoms with Gasteiger partial charge in [-0.2, -0.15) is 5.26 Å². The van der Waals surface area contributed by atoms with Crippen molar-refractivity contribution in [1.82, 2.24) is 4.98 Å². The molecule has 0 amide bonds. The Balaban J connectivity index is 2.13. The van der Waals surface area contributed by atoms with Gasteiger partial charge in [0.1, 0.15) is 11.1 Å². The summed E-state index contributed by atoms with van der Waals surface area (Å²) in [5.74, 6) is 0.742. The number of rotatable bonds is 6. The highest BCUT2D eigenvalue weighted by atomic mass is 35.5. The Morgan fingerprint density at radius 2 is 2.08 bits per heavy atom. The van der Waals surface area contributed by atoms with Gasteiger partial charge in [0.2, 0.25) is 0 Å². The number of hydrogen-bond acceptors (Lipinski definition) is 5. The second-order valence-corrected chi connectivity index (χ2v) is 7.64. The third kappa shape index (κ3) is 4.23. The first-order chi connectivity index (χ1) is 12.2. The lowest BCUT2D eigenvalue weighted by molar-refractivity contribution is 0.218. The van der Waals surface area contributed by atoms with E-state index in [1.54, 1.807) is 18.4 Å². The van der Waals surface area contributed by atoms with Gasteiger partial charge in [-0.05, 0) is 35.2 Å². The third-order valence-corrected chi connectivity index (χ3v) is 5.64. The molecule has 3 aromatic rings. The van der Waals surface area contributed by atoms with Crippen molar-refractivity contribution in [2.45, 2.75) is 5.03 Å². The van der Waals surface area contributed by atoms with Crippen molar-refractivity contribution in [3.63, 3.8) is 0 Å². The van der Waals surface area contributed by atoms with Crippen molar-refractivity contribution >= 4 is 34.7 Å². The SMILES string of the molecule is COCCSc1nc(-c2cccs2)cc(-c2ccc(Cl)cc2)c1C#N. The van der Waals surface area contributed by atoms with Crippen LogP contribution in [0.5, 0.6) is 0 Å². The monoisotopic (exact) mass is 386 g/mol. The molecule has 2 heterocycles. The zero-order valence-electron chi connectivity index (χ0n) is 13.5. The van der Waals surface area contributed by atoms with Crippen molar-refractivity contribution in [1.29, 1.82) is 5.26 Å². The fourth-order valence-corrected chi connectivity index (χ4v) is 4.08. The van der Waals surface area contributed by atoms with E-state index in [0.29, 0.717) is 17.2 Å². The number of nitriles is 1. The summed E-state index contributed by atoms with van der Waals surface area (Å²) < 4.78 is 5.12. The largest absolute Gasteiger partial charge is 0.384 e. The number of ether oxygens (including phenoxy) is 1. The maximum Gasteiger partial charge on any atom is 0.115 e. The number of halogens is 1. The van der Waals surface area contributed by atoms with E-state index in [0.717, 1.165) is 32.5 Å². The number of hydrogen-bond donors (Lipinski definition) is 0. The van der Waals surface area contributed by atoms with Gasteiger partial charge in [-0.1, -0.05) is 29.8 Å². The summed E-state index contributed by atoms with van der Waals surface area (Å²) in [5, 5.41) is 13.2. The number of pyridine rings is 1. The van der Waals surface area contributed by atoms with Crippen LogP contribution in [0.4, 0.5) is 0 Å². The van der Waals surface area contributed by atoms with Crippen molar-refractivity contribution in [3.8, 4) is 27.8 Å². The highest BCUT2D eigenvalue weighted by molar-refractivity contribution is 7.99. The van der Waals surface area contributed by atoms with E-state index >= 15 is 0 Å². The van der Waals surface area contributed by atoms with Gasteiger partial charge >= 0.3 is 0 Å². The molecule has 126 valence electrons. The Bertz CT molecular complexity index is 887. The second-order valence-electron chi connectivity index (χ2n) is 5.17. The van der Waals surface area contributed by atoms with Crippen LogP contribution in [0.3, 0.4) is 0 Å². The molecular weight excluding hydrogens is 372 g/mol. The zero-order valence-corrected chi connectivity index (χ0v) is 15.9. The number of thioether (sulfide) groups is 1. The highest BCUT2D eigenvalue weighted by Gasteiger charge is 2.16. The summed E-state index contributed by atoms with van der Waals surface area (Å²) in [5.41, 5.74) is 3.29. The Hall–Kier alpha value is -1.84. The van der Waals surface area contributed by atoms with Crippen LogP contribution < -0.4 is 0 Å². The maximum absolute atomic E-state index is 9.74. The lowest BCUT2D eigenvalue weighted by Gasteiger charge is -2.12. The van der Waals surface area contributed by atoms with Gasteiger partial charge in [0, 0.05) is 23.4 Å². The van der Waals surface area contributed by atoms with E-state index < -0.39 is 0 Å². The zero-order chi connectivity index (χ0) is 17.6. The summed E-state index contributed by atoms with van der Waals surface area (Å²) in [6, 6.07) is 15.9. The van der Waals surface area contributed by atoms with Crippen molar-refractivity contribution in [2.24, 2.45) is 0 Å². The van der Waals surface area contributed by atoms with Crippen LogP contribution in [0.2, 0.25) is 5.02 Å². The fourth-order valence-electron chi connectivity index (χ4n) is 2.36. The summed E-state index contributed by atoms with van der Waals surface area (Å²) in [6.45, 7) is 0.608. The van der Waals surface area contributed by atoms with Crippen LogP contribution in [0, 0.1) is 11.3 Å². The van der Waals surface area contributed by atoms with E-state index in [4.69, 9.17) is 21.3 Å². The van der Waals surface area contributed by atoms with Crippen molar-refractivity contribution < 1.29 is 4.74 Å². The smallest absolute Gasteiger partial charge is 0.115 e. The lowest BCUT2D eigenvalue weighted by atomic mass is 10.0. The summed E-state index contributed by atoms with van der Waals surface area (Å²) in [4.78, 5) is 5.81. The average Bonchev–Trinajstić information content (AvgIpc) is 3.16. The van der Waals surface area contributed by atoms with Crippen molar-refractivity contribution in [2.75, 3.05) is 19.5 Å². The molecule has 0 atom stereocenters. The second kappa shape index (κ2) is 8.50. The summed E-state index contributed by atoms with van der Waals surface area (Å²) >= 11 is 9.18. The molecule has 0 bridgehead atoms. The fraction of sp³-hybridized carbons (Fsp3) is 0.158. The Morgan fingerprint density at radius 3 is 2.72 bits per heavy atom. The molecule has 0 saturated carbocycles. The van der Waals surface area contributed by atoms with E-state index in [-0.39, 0.29) is 0 Å². The number of methoxy groups -OCH3 is 1. The van der Waals surface area contributed by atoms with E-state index in [2.05, 4.69) is 6.07 Å². The highest BCUT2D eigenvalue weighted by Crippen LogP contribution is 2.35. The number of thiophene rings is 1. The van der Waals surface area contributed by atoms with Gasteiger partial charge in [-0.15, -0.1) is 23.1 Å². The number of aromatic nitrogens is 1. The van der Waals surface area contributed by atoms with Crippen LogP contribution in [-0.2, 0) is 4.74 Å².